The minimum absolute atomic E-state index is 0.0142. The summed E-state index contributed by atoms with van der Waals surface area (Å²) in [6.45, 7) is 5.73. The lowest BCUT2D eigenvalue weighted by molar-refractivity contribution is 0.0662. The van der Waals surface area contributed by atoms with E-state index in [0.717, 1.165) is 10.9 Å². The first-order chi connectivity index (χ1) is 7.91. The molecule has 90 valence electrons. The number of rotatable bonds is 2. The smallest absolute Gasteiger partial charge is 0.372 e. The molecule has 0 amide bonds. The molecule has 1 N–H and O–H groups in total. The molecule has 0 fully saturated rings. The lowest BCUT2D eigenvalue weighted by Crippen LogP contribution is -2.00. The van der Waals surface area contributed by atoms with E-state index in [1.54, 1.807) is 12.1 Å². The zero-order valence-electron chi connectivity index (χ0n) is 9.87. The third-order valence-electron chi connectivity index (χ3n) is 2.75. The average molecular weight is 253 g/mol. The van der Waals surface area contributed by atoms with E-state index in [1.807, 2.05) is 20.8 Å². The van der Waals surface area contributed by atoms with Crippen molar-refractivity contribution in [3.63, 3.8) is 0 Å². The molecule has 1 aromatic carbocycles. The van der Waals surface area contributed by atoms with Crippen LogP contribution in [0.3, 0.4) is 0 Å². The van der Waals surface area contributed by atoms with Crippen molar-refractivity contribution in [3.8, 4) is 0 Å². The molecule has 2 aromatic rings. The van der Waals surface area contributed by atoms with Crippen LogP contribution in [-0.2, 0) is 0 Å². The molecule has 17 heavy (non-hydrogen) atoms. The molecule has 0 aliphatic carbocycles. The number of hydrogen-bond donors (Lipinski definition) is 1. The Morgan fingerprint density at radius 2 is 2.06 bits per heavy atom. The van der Waals surface area contributed by atoms with Crippen molar-refractivity contribution in [2.45, 2.75) is 26.7 Å². The van der Waals surface area contributed by atoms with Gasteiger partial charge in [-0.05, 0) is 30.5 Å². The van der Waals surface area contributed by atoms with Gasteiger partial charge in [-0.3, -0.25) is 0 Å². The third kappa shape index (κ3) is 1.91. The predicted molar refractivity (Wildman–Crippen MR) is 67.0 cm³/mol. The van der Waals surface area contributed by atoms with Gasteiger partial charge in [0, 0.05) is 16.0 Å². The topological polar surface area (TPSA) is 50.4 Å². The molecular weight excluding hydrogens is 240 g/mol. The molecule has 4 heteroatoms. The van der Waals surface area contributed by atoms with Gasteiger partial charge in [0.2, 0.25) is 5.76 Å². The molecule has 0 aliphatic heterocycles. The normalized spacial score (nSPS) is 11.4. The highest BCUT2D eigenvalue weighted by molar-refractivity contribution is 6.31. The van der Waals surface area contributed by atoms with Crippen LogP contribution < -0.4 is 0 Å². The van der Waals surface area contributed by atoms with E-state index in [2.05, 4.69) is 0 Å². The number of aromatic carboxylic acids is 1. The van der Waals surface area contributed by atoms with Gasteiger partial charge in [0.05, 0.1) is 0 Å². The van der Waals surface area contributed by atoms with Gasteiger partial charge in [-0.1, -0.05) is 25.4 Å². The zero-order valence-corrected chi connectivity index (χ0v) is 10.6. The van der Waals surface area contributed by atoms with Crippen LogP contribution in [0.4, 0.5) is 0 Å². The fraction of sp³-hybridized carbons (Fsp3) is 0.308. The van der Waals surface area contributed by atoms with E-state index >= 15 is 0 Å². The summed E-state index contributed by atoms with van der Waals surface area (Å²) in [4.78, 5) is 11.2. The van der Waals surface area contributed by atoms with Crippen molar-refractivity contribution in [1.29, 1.82) is 0 Å². The van der Waals surface area contributed by atoms with E-state index in [4.69, 9.17) is 21.1 Å². The van der Waals surface area contributed by atoms with E-state index in [0.29, 0.717) is 16.2 Å². The van der Waals surface area contributed by atoms with Crippen LogP contribution >= 0.6 is 11.6 Å². The standard InChI is InChI=1S/C13H13ClO3/c1-6(2)10-9-5-8(14)4-7(3)11(9)17-12(10)13(15)16/h4-6H,1-3H3,(H,15,16). The number of carbonyl (C=O) groups is 1. The van der Waals surface area contributed by atoms with Crippen molar-refractivity contribution in [3.05, 3.63) is 34.0 Å². The summed E-state index contributed by atoms with van der Waals surface area (Å²) >= 11 is 6.00. The second-order valence-electron chi connectivity index (χ2n) is 4.40. The Morgan fingerprint density at radius 3 is 2.59 bits per heavy atom. The van der Waals surface area contributed by atoms with Gasteiger partial charge >= 0.3 is 5.97 Å². The maximum absolute atomic E-state index is 11.2. The van der Waals surface area contributed by atoms with E-state index in [9.17, 15) is 4.79 Å². The van der Waals surface area contributed by atoms with Crippen molar-refractivity contribution < 1.29 is 14.3 Å². The second-order valence-corrected chi connectivity index (χ2v) is 4.84. The number of benzene rings is 1. The molecule has 3 nitrogen and oxygen atoms in total. The monoisotopic (exact) mass is 252 g/mol. The third-order valence-corrected chi connectivity index (χ3v) is 2.97. The van der Waals surface area contributed by atoms with Crippen molar-refractivity contribution >= 4 is 28.5 Å². The summed E-state index contributed by atoms with van der Waals surface area (Å²) < 4.78 is 5.45. The van der Waals surface area contributed by atoms with Gasteiger partial charge < -0.3 is 9.52 Å². The zero-order chi connectivity index (χ0) is 12.7. The Hall–Kier alpha value is -1.48. The van der Waals surface area contributed by atoms with Gasteiger partial charge in [-0.15, -0.1) is 0 Å². The number of furan rings is 1. The first kappa shape index (κ1) is 12.0. The summed E-state index contributed by atoms with van der Waals surface area (Å²) in [6, 6.07) is 3.53. The molecule has 0 unspecified atom stereocenters. The Kier molecular flexibility index (Phi) is 2.87. The summed E-state index contributed by atoms with van der Waals surface area (Å²) in [5.74, 6) is -0.957. The van der Waals surface area contributed by atoms with Gasteiger partial charge in [-0.2, -0.15) is 0 Å². The molecule has 2 rings (SSSR count). The first-order valence-electron chi connectivity index (χ1n) is 5.37. The number of fused-ring (bicyclic) bond motifs is 1. The largest absolute Gasteiger partial charge is 0.475 e. The first-order valence-corrected chi connectivity index (χ1v) is 5.75. The highest BCUT2D eigenvalue weighted by atomic mass is 35.5. The Morgan fingerprint density at radius 1 is 1.41 bits per heavy atom. The van der Waals surface area contributed by atoms with Crippen LogP contribution in [0.5, 0.6) is 0 Å². The highest BCUT2D eigenvalue weighted by Gasteiger charge is 2.23. The summed E-state index contributed by atoms with van der Waals surface area (Å²) in [5.41, 5.74) is 2.16. The van der Waals surface area contributed by atoms with E-state index in [-0.39, 0.29) is 11.7 Å². The van der Waals surface area contributed by atoms with Crippen molar-refractivity contribution in [2.75, 3.05) is 0 Å². The second kappa shape index (κ2) is 4.08. The number of aryl methyl sites for hydroxylation is 1. The minimum Gasteiger partial charge on any atom is -0.475 e. The summed E-state index contributed by atoms with van der Waals surface area (Å²) in [6.07, 6.45) is 0. The molecule has 0 saturated heterocycles. The maximum atomic E-state index is 11.2. The Labute approximate surface area is 104 Å². The Bertz CT molecular complexity index is 596. The maximum Gasteiger partial charge on any atom is 0.372 e. The molecule has 1 heterocycles. The minimum atomic E-state index is -1.04. The van der Waals surface area contributed by atoms with Crippen LogP contribution in [0.25, 0.3) is 11.0 Å². The van der Waals surface area contributed by atoms with Gasteiger partial charge in [0.15, 0.2) is 0 Å². The van der Waals surface area contributed by atoms with Gasteiger partial charge in [0.1, 0.15) is 5.58 Å². The number of hydrogen-bond acceptors (Lipinski definition) is 2. The summed E-state index contributed by atoms with van der Waals surface area (Å²) in [5, 5.41) is 10.5. The summed E-state index contributed by atoms with van der Waals surface area (Å²) in [7, 11) is 0. The van der Waals surface area contributed by atoms with Crippen LogP contribution in [0.15, 0.2) is 16.5 Å². The van der Waals surface area contributed by atoms with E-state index in [1.165, 1.54) is 0 Å². The molecule has 1 aromatic heterocycles. The highest BCUT2D eigenvalue weighted by Crippen LogP contribution is 2.35. The number of halogens is 1. The Balaban J connectivity index is 2.90. The SMILES string of the molecule is Cc1cc(Cl)cc2c(C(C)C)c(C(=O)O)oc12. The molecule has 0 spiro atoms. The lowest BCUT2D eigenvalue weighted by atomic mass is 9.98. The van der Waals surface area contributed by atoms with Gasteiger partial charge in [0.25, 0.3) is 0 Å². The van der Waals surface area contributed by atoms with Crippen LogP contribution in [0.1, 0.15) is 41.4 Å². The fourth-order valence-corrected chi connectivity index (χ4v) is 2.35. The molecule has 0 atom stereocenters. The van der Waals surface area contributed by atoms with Crippen LogP contribution in [0, 0.1) is 6.92 Å². The lowest BCUT2D eigenvalue weighted by Gasteiger charge is -2.03. The van der Waals surface area contributed by atoms with Crippen molar-refractivity contribution in [1.82, 2.24) is 0 Å². The van der Waals surface area contributed by atoms with E-state index < -0.39 is 5.97 Å². The average Bonchev–Trinajstić information content (AvgIpc) is 2.56. The number of carboxylic acid groups (broad SMARTS) is 1. The molecular formula is C13H13ClO3. The molecule has 0 radical (unpaired) electrons. The molecule has 0 aliphatic rings. The van der Waals surface area contributed by atoms with Gasteiger partial charge in [-0.25, -0.2) is 4.79 Å². The molecule has 0 saturated carbocycles. The molecule has 0 bridgehead atoms. The fourth-order valence-electron chi connectivity index (χ4n) is 2.08. The predicted octanol–water partition coefficient (Wildman–Crippen LogP) is 4.22. The van der Waals surface area contributed by atoms with Crippen LogP contribution in [-0.4, -0.2) is 11.1 Å². The van der Waals surface area contributed by atoms with Crippen molar-refractivity contribution in [2.24, 2.45) is 0 Å². The number of carboxylic acids is 1. The quantitative estimate of drug-likeness (QED) is 0.871. The van der Waals surface area contributed by atoms with Crippen LogP contribution in [0.2, 0.25) is 5.02 Å².